The lowest BCUT2D eigenvalue weighted by Crippen LogP contribution is -2.39. The zero-order chi connectivity index (χ0) is 16.9. The lowest BCUT2D eigenvalue weighted by Gasteiger charge is -2.32. The van der Waals surface area contributed by atoms with E-state index in [1.165, 1.54) is 25.0 Å². The summed E-state index contributed by atoms with van der Waals surface area (Å²) in [5.74, 6) is 2.92. The summed E-state index contributed by atoms with van der Waals surface area (Å²) in [5, 5.41) is 4.47. The molecule has 1 aliphatic heterocycles. The molecule has 6 heteroatoms. The van der Waals surface area contributed by atoms with Crippen LogP contribution in [-0.2, 0) is 6.54 Å². The first-order chi connectivity index (χ1) is 11.6. The van der Waals surface area contributed by atoms with Gasteiger partial charge in [0.1, 0.15) is 29.8 Å². The highest BCUT2D eigenvalue weighted by atomic mass is 19.1. The Labute approximate surface area is 142 Å². The van der Waals surface area contributed by atoms with Crippen LogP contribution in [-0.4, -0.2) is 45.9 Å². The van der Waals surface area contributed by atoms with Crippen LogP contribution >= 0.6 is 0 Å². The summed E-state index contributed by atoms with van der Waals surface area (Å²) in [4.78, 5) is 6.82. The molecule has 2 heterocycles. The van der Waals surface area contributed by atoms with E-state index in [1.54, 1.807) is 12.1 Å². The molecule has 1 aromatic heterocycles. The van der Waals surface area contributed by atoms with Crippen LogP contribution in [0.5, 0.6) is 5.75 Å². The predicted octanol–water partition coefficient (Wildman–Crippen LogP) is 2.83. The van der Waals surface area contributed by atoms with E-state index in [-0.39, 0.29) is 5.82 Å². The number of ether oxygens (including phenoxy) is 1. The number of likely N-dealkylation sites (tertiary alicyclic amines) is 1. The zero-order valence-corrected chi connectivity index (χ0v) is 14.4. The van der Waals surface area contributed by atoms with Crippen molar-refractivity contribution in [3.8, 4) is 5.75 Å². The second kappa shape index (κ2) is 7.75. The Bertz CT molecular complexity index is 656. The van der Waals surface area contributed by atoms with Gasteiger partial charge in [-0.05, 0) is 63.4 Å². The molecule has 1 atom stereocenters. The average molecular weight is 332 g/mol. The van der Waals surface area contributed by atoms with Crippen molar-refractivity contribution in [2.24, 2.45) is 5.92 Å². The first kappa shape index (κ1) is 16.9. The molecule has 0 radical (unpaired) electrons. The molecular weight excluding hydrogens is 307 g/mol. The van der Waals surface area contributed by atoms with Gasteiger partial charge in [-0.15, -0.1) is 0 Å². The molecule has 1 aromatic carbocycles. The molecule has 2 aromatic rings. The third kappa shape index (κ3) is 4.54. The van der Waals surface area contributed by atoms with E-state index in [9.17, 15) is 4.39 Å². The molecule has 5 nitrogen and oxygen atoms in total. The van der Waals surface area contributed by atoms with Crippen molar-refractivity contribution < 1.29 is 9.13 Å². The number of piperidine rings is 1. The quantitative estimate of drug-likeness (QED) is 0.816. The third-order valence-electron chi connectivity index (χ3n) is 4.49. The molecule has 0 saturated carbocycles. The molecular formula is C18H25FN4O. The van der Waals surface area contributed by atoms with Gasteiger partial charge >= 0.3 is 0 Å². The van der Waals surface area contributed by atoms with Crippen LogP contribution in [0.1, 0.15) is 24.5 Å². The third-order valence-corrected chi connectivity index (χ3v) is 4.49. The van der Waals surface area contributed by atoms with Crippen molar-refractivity contribution in [3.63, 3.8) is 0 Å². The monoisotopic (exact) mass is 332 g/mol. The summed E-state index contributed by atoms with van der Waals surface area (Å²) in [7, 11) is 0. The topological polar surface area (TPSA) is 43.2 Å². The van der Waals surface area contributed by atoms with Crippen LogP contribution in [0.4, 0.5) is 4.39 Å². The van der Waals surface area contributed by atoms with Crippen molar-refractivity contribution in [2.75, 3.05) is 26.2 Å². The SMILES string of the molecule is Cc1nc(C)n(C[C@H]2CCCN(CCOc3ccc(F)cc3)C2)n1. The van der Waals surface area contributed by atoms with Gasteiger partial charge in [-0.1, -0.05) is 0 Å². The van der Waals surface area contributed by atoms with Crippen molar-refractivity contribution >= 4 is 0 Å². The van der Waals surface area contributed by atoms with Gasteiger partial charge in [0.05, 0.1) is 0 Å². The summed E-state index contributed by atoms with van der Waals surface area (Å²) >= 11 is 0. The van der Waals surface area contributed by atoms with Gasteiger partial charge in [-0.2, -0.15) is 5.10 Å². The molecule has 24 heavy (non-hydrogen) atoms. The molecule has 0 unspecified atom stereocenters. The van der Waals surface area contributed by atoms with Gasteiger partial charge in [0, 0.05) is 19.6 Å². The zero-order valence-electron chi connectivity index (χ0n) is 14.4. The van der Waals surface area contributed by atoms with Crippen LogP contribution in [0.2, 0.25) is 0 Å². The first-order valence-electron chi connectivity index (χ1n) is 8.59. The Morgan fingerprint density at radius 1 is 1.25 bits per heavy atom. The molecule has 1 saturated heterocycles. The molecule has 1 fully saturated rings. The molecule has 0 bridgehead atoms. The Morgan fingerprint density at radius 2 is 2.04 bits per heavy atom. The van der Waals surface area contributed by atoms with E-state index in [2.05, 4.69) is 15.0 Å². The number of benzene rings is 1. The van der Waals surface area contributed by atoms with Crippen molar-refractivity contribution in [1.82, 2.24) is 19.7 Å². The maximum atomic E-state index is 12.9. The molecule has 0 N–H and O–H groups in total. The minimum atomic E-state index is -0.236. The average Bonchev–Trinajstić information content (AvgIpc) is 2.87. The maximum Gasteiger partial charge on any atom is 0.147 e. The number of rotatable bonds is 6. The van der Waals surface area contributed by atoms with Gasteiger partial charge < -0.3 is 4.74 Å². The van der Waals surface area contributed by atoms with E-state index in [0.29, 0.717) is 12.5 Å². The van der Waals surface area contributed by atoms with Gasteiger partial charge in [-0.25, -0.2) is 14.1 Å². The largest absolute Gasteiger partial charge is 0.492 e. The van der Waals surface area contributed by atoms with Crippen LogP contribution in [0.15, 0.2) is 24.3 Å². The van der Waals surface area contributed by atoms with E-state index >= 15 is 0 Å². The predicted molar refractivity (Wildman–Crippen MR) is 90.6 cm³/mol. The standard InChI is InChI=1S/C18H25FN4O/c1-14-20-15(2)23(21-14)13-16-4-3-9-22(12-16)10-11-24-18-7-5-17(19)6-8-18/h5-8,16H,3-4,9-13H2,1-2H3/t16-/m0/s1. The summed E-state index contributed by atoms with van der Waals surface area (Å²) in [5.41, 5.74) is 0. The summed E-state index contributed by atoms with van der Waals surface area (Å²) < 4.78 is 20.6. The summed E-state index contributed by atoms with van der Waals surface area (Å²) in [6.07, 6.45) is 2.43. The fourth-order valence-electron chi connectivity index (χ4n) is 3.31. The normalized spacial score (nSPS) is 18.7. The van der Waals surface area contributed by atoms with E-state index in [1.807, 2.05) is 18.5 Å². The molecule has 130 valence electrons. The minimum absolute atomic E-state index is 0.236. The Morgan fingerprint density at radius 3 is 2.75 bits per heavy atom. The van der Waals surface area contributed by atoms with Crippen molar-refractivity contribution in [1.29, 1.82) is 0 Å². The second-order valence-electron chi connectivity index (χ2n) is 6.50. The van der Waals surface area contributed by atoms with Crippen LogP contribution in [0.3, 0.4) is 0 Å². The first-order valence-corrected chi connectivity index (χ1v) is 8.59. The number of hydrogen-bond acceptors (Lipinski definition) is 4. The number of aromatic nitrogens is 3. The summed E-state index contributed by atoms with van der Waals surface area (Å²) in [6.45, 7) is 8.56. The van der Waals surface area contributed by atoms with Gasteiger partial charge in [0.25, 0.3) is 0 Å². The fraction of sp³-hybridized carbons (Fsp3) is 0.556. The highest BCUT2D eigenvalue weighted by Crippen LogP contribution is 2.19. The Hall–Kier alpha value is -1.95. The Kier molecular flexibility index (Phi) is 5.45. The number of nitrogens with zero attached hydrogens (tertiary/aromatic N) is 4. The van der Waals surface area contributed by atoms with Gasteiger partial charge in [-0.3, -0.25) is 4.90 Å². The smallest absolute Gasteiger partial charge is 0.147 e. The highest BCUT2D eigenvalue weighted by Gasteiger charge is 2.21. The number of hydrogen-bond donors (Lipinski definition) is 0. The molecule has 0 amide bonds. The van der Waals surface area contributed by atoms with Crippen LogP contribution < -0.4 is 4.74 Å². The van der Waals surface area contributed by atoms with E-state index < -0.39 is 0 Å². The number of halogens is 1. The summed E-state index contributed by atoms with van der Waals surface area (Å²) in [6, 6.07) is 6.19. The maximum absolute atomic E-state index is 12.9. The second-order valence-corrected chi connectivity index (χ2v) is 6.50. The minimum Gasteiger partial charge on any atom is -0.492 e. The van der Waals surface area contributed by atoms with Crippen LogP contribution in [0, 0.1) is 25.6 Å². The number of aryl methyl sites for hydroxylation is 2. The van der Waals surface area contributed by atoms with Crippen molar-refractivity contribution in [2.45, 2.75) is 33.2 Å². The lowest BCUT2D eigenvalue weighted by atomic mass is 9.98. The molecule has 3 rings (SSSR count). The van der Waals surface area contributed by atoms with Gasteiger partial charge in [0.2, 0.25) is 0 Å². The van der Waals surface area contributed by atoms with E-state index in [0.717, 1.165) is 43.6 Å². The molecule has 1 aliphatic rings. The molecule has 0 aliphatic carbocycles. The van der Waals surface area contributed by atoms with E-state index in [4.69, 9.17) is 4.74 Å². The molecule has 0 spiro atoms. The van der Waals surface area contributed by atoms with Crippen molar-refractivity contribution in [3.05, 3.63) is 41.7 Å². The highest BCUT2D eigenvalue weighted by molar-refractivity contribution is 5.21. The van der Waals surface area contributed by atoms with Gasteiger partial charge in [0.15, 0.2) is 0 Å². The Balaban J connectivity index is 1.45. The fourth-order valence-corrected chi connectivity index (χ4v) is 3.31. The lowest BCUT2D eigenvalue weighted by molar-refractivity contribution is 0.136. The van der Waals surface area contributed by atoms with Crippen LogP contribution in [0.25, 0.3) is 0 Å².